The second-order valence-corrected chi connectivity index (χ2v) is 3.36. The Kier molecular flexibility index (Phi) is 2.17. The van der Waals surface area contributed by atoms with E-state index in [1.165, 1.54) is 0 Å². The number of nitrogens with two attached hydrogens (primary N) is 1. The van der Waals surface area contributed by atoms with Gasteiger partial charge in [0.25, 0.3) is 0 Å². The van der Waals surface area contributed by atoms with Crippen LogP contribution in [0.15, 0.2) is 24.3 Å². The lowest BCUT2D eigenvalue weighted by Crippen LogP contribution is -1.99. The van der Waals surface area contributed by atoms with E-state index in [9.17, 15) is 0 Å². The molecular formula is C11H14N2O. The summed E-state index contributed by atoms with van der Waals surface area (Å²) in [4.78, 5) is 0. The van der Waals surface area contributed by atoms with E-state index < -0.39 is 0 Å². The number of hydrogen-bond donors (Lipinski definition) is 2. The van der Waals surface area contributed by atoms with Gasteiger partial charge in [-0.2, -0.15) is 0 Å². The summed E-state index contributed by atoms with van der Waals surface area (Å²) in [6.45, 7) is 3.00. The van der Waals surface area contributed by atoms with Gasteiger partial charge in [-0.3, -0.25) is 0 Å². The lowest BCUT2D eigenvalue weighted by molar-refractivity contribution is 0.272. The Morgan fingerprint density at radius 2 is 2.14 bits per heavy atom. The van der Waals surface area contributed by atoms with Gasteiger partial charge in [-0.05, 0) is 31.2 Å². The lowest BCUT2D eigenvalue weighted by atomic mass is 10.2. The highest BCUT2D eigenvalue weighted by Gasteiger charge is 2.05. The number of hydrogen-bond acceptors (Lipinski definition) is 2. The van der Waals surface area contributed by atoms with Crippen molar-refractivity contribution in [3.05, 3.63) is 30.0 Å². The molecular weight excluding hydrogens is 176 g/mol. The van der Waals surface area contributed by atoms with Crippen LogP contribution in [0.25, 0.3) is 10.9 Å². The lowest BCUT2D eigenvalue weighted by Gasteiger charge is -2.04. The van der Waals surface area contributed by atoms with Gasteiger partial charge in [0.15, 0.2) is 0 Å². The van der Waals surface area contributed by atoms with Gasteiger partial charge in [0.05, 0.1) is 6.61 Å². The van der Waals surface area contributed by atoms with E-state index in [1.54, 1.807) is 0 Å². The first kappa shape index (κ1) is 9.09. The molecule has 0 bridgehead atoms. The van der Waals surface area contributed by atoms with Crippen molar-refractivity contribution in [2.24, 2.45) is 0 Å². The summed E-state index contributed by atoms with van der Waals surface area (Å²) < 4.78 is 2.09. The Morgan fingerprint density at radius 1 is 1.36 bits per heavy atom. The number of aromatic nitrogens is 1. The van der Waals surface area contributed by atoms with Crippen molar-refractivity contribution in [1.82, 2.24) is 4.57 Å². The third kappa shape index (κ3) is 1.26. The summed E-state index contributed by atoms with van der Waals surface area (Å²) in [5.74, 6) is 0. The number of rotatable bonds is 2. The molecule has 2 aromatic rings. The molecule has 0 amide bonds. The maximum absolute atomic E-state index is 9.17. The number of nitrogens with zero attached hydrogens (tertiary/aromatic N) is 1. The molecule has 1 aromatic heterocycles. The Hall–Kier alpha value is -1.48. The zero-order valence-corrected chi connectivity index (χ0v) is 8.20. The molecule has 0 saturated heterocycles. The molecule has 0 spiro atoms. The highest BCUT2D eigenvalue weighted by atomic mass is 16.3. The zero-order chi connectivity index (χ0) is 10.1. The van der Waals surface area contributed by atoms with Gasteiger partial charge in [-0.25, -0.2) is 0 Å². The van der Waals surface area contributed by atoms with Gasteiger partial charge >= 0.3 is 0 Å². The standard InChI is InChI=1S/C11H14N2O/c1-2-13-10(7-14)6-8-5-9(12)3-4-11(8)13/h3-6,14H,2,7,12H2,1H3. The van der Waals surface area contributed by atoms with Crippen LogP contribution in [0, 0.1) is 0 Å². The van der Waals surface area contributed by atoms with Gasteiger partial charge in [0.2, 0.25) is 0 Å². The number of nitrogen functional groups attached to an aromatic ring is 1. The first-order valence-electron chi connectivity index (χ1n) is 4.74. The van der Waals surface area contributed by atoms with Gasteiger partial charge < -0.3 is 15.4 Å². The number of aliphatic hydroxyl groups is 1. The van der Waals surface area contributed by atoms with E-state index in [1.807, 2.05) is 24.3 Å². The van der Waals surface area contributed by atoms with E-state index >= 15 is 0 Å². The Balaban J connectivity index is 2.73. The summed E-state index contributed by atoms with van der Waals surface area (Å²) in [6, 6.07) is 7.79. The van der Waals surface area contributed by atoms with Crippen LogP contribution < -0.4 is 5.73 Å². The molecule has 2 rings (SSSR count). The van der Waals surface area contributed by atoms with Crippen LogP contribution in [0.2, 0.25) is 0 Å². The molecule has 0 atom stereocenters. The highest BCUT2D eigenvalue weighted by Crippen LogP contribution is 2.22. The van der Waals surface area contributed by atoms with Crippen LogP contribution in [-0.2, 0) is 13.2 Å². The summed E-state index contributed by atoms with van der Waals surface area (Å²) >= 11 is 0. The van der Waals surface area contributed by atoms with Gasteiger partial charge in [-0.1, -0.05) is 0 Å². The van der Waals surface area contributed by atoms with Crippen molar-refractivity contribution < 1.29 is 5.11 Å². The van der Waals surface area contributed by atoms with E-state index in [2.05, 4.69) is 11.5 Å². The maximum Gasteiger partial charge on any atom is 0.0833 e. The van der Waals surface area contributed by atoms with Crippen molar-refractivity contribution in [3.63, 3.8) is 0 Å². The molecule has 0 unspecified atom stereocenters. The Bertz CT molecular complexity index is 460. The summed E-state index contributed by atoms with van der Waals surface area (Å²) in [5, 5.41) is 10.3. The fourth-order valence-corrected chi connectivity index (χ4v) is 1.85. The molecule has 3 N–H and O–H groups in total. The molecule has 0 aliphatic heterocycles. The van der Waals surface area contributed by atoms with Crippen LogP contribution in [0.5, 0.6) is 0 Å². The van der Waals surface area contributed by atoms with Crippen molar-refractivity contribution in [1.29, 1.82) is 0 Å². The third-order valence-electron chi connectivity index (χ3n) is 2.49. The quantitative estimate of drug-likeness (QED) is 0.709. The minimum atomic E-state index is 0.0718. The minimum Gasteiger partial charge on any atom is -0.399 e. The number of aryl methyl sites for hydroxylation is 1. The molecule has 0 saturated carbocycles. The molecule has 1 heterocycles. The van der Waals surface area contributed by atoms with Crippen LogP contribution >= 0.6 is 0 Å². The maximum atomic E-state index is 9.17. The molecule has 0 radical (unpaired) electrons. The first-order chi connectivity index (χ1) is 6.76. The SMILES string of the molecule is CCn1c(CO)cc2cc(N)ccc21. The normalized spacial score (nSPS) is 11.0. The van der Waals surface area contributed by atoms with Crippen molar-refractivity contribution in [3.8, 4) is 0 Å². The molecule has 1 aromatic carbocycles. The van der Waals surface area contributed by atoms with E-state index in [0.717, 1.165) is 28.8 Å². The zero-order valence-electron chi connectivity index (χ0n) is 8.20. The molecule has 3 nitrogen and oxygen atoms in total. The van der Waals surface area contributed by atoms with Gasteiger partial charge in [0.1, 0.15) is 0 Å². The fourth-order valence-electron chi connectivity index (χ4n) is 1.85. The van der Waals surface area contributed by atoms with E-state index in [0.29, 0.717) is 0 Å². The number of benzene rings is 1. The van der Waals surface area contributed by atoms with Crippen molar-refractivity contribution >= 4 is 16.6 Å². The molecule has 0 aliphatic rings. The minimum absolute atomic E-state index is 0.0718. The molecule has 3 heteroatoms. The summed E-state index contributed by atoms with van der Waals surface area (Å²) in [7, 11) is 0. The topological polar surface area (TPSA) is 51.2 Å². The van der Waals surface area contributed by atoms with Gasteiger partial charge in [0, 0.05) is 28.8 Å². The monoisotopic (exact) mass is 190 g/mol. The van der Waals surface area contributed by atoms with Gasteiger partial charge in [-0.15, -0.1) is 0 Å². The molecule has 0 aliphatic carbocycles. The fraction of sp³-hybridized carbons (Fsp3) is 0.273. The predicted octanol–water partition coefficient (Wildman–Crippen LogP) is 1.74. The summed E-state index contributed by atoms with van der Waals surface area (Å²) in [5.41, 5.74) is 8.52. The predicted molar refractivity (Wildman–Crippen MR) is 57.9 cm³/mol. The average molecular weight is 190 g/mol. The molecule has 0 fully saturated rings. The number of fused-ring (bicyclic) bond motifs is 1. The van der Waals surface area contributed by atoms with Crippen LogP contribution in [0.3, 0.4) is 0 Å². The van der Waals surface area contributed by atoms with Crippen LogP contribution in [-0.4, -0.2) is 9.67 Å². The highest BCUT2D eigenvalue weighted by molar-refractivity contribution is 5.84. The van der Waals surface area contributed by atoms with E-state index in [4.69, 9.17) is 10.8 Å². The molecule has 14 heavy (non-hydrogen) atoms. The smallest absolute Gasteiger partial charge is 0.0833 e. The molecule has 74 valence electrons. The first-order valence-corrected chi connectivity index (χ1v) is 4.74. The Labute approximate surface area is 82.8 Å². The van der Waals surface area contributed by atoms with Crippen molar-refractivity contribution in [2.45, 2.75) is 20.1 Å². The average Bonchev–Trinajstić information content (AvgIpc) is 2.54. The largest absolute Gasteiger partial charge is 0.399 e. The van der Waals surface area contributed by atoms with Crippen molar-refractivity contribution in [2.75, 3.05) is 5.73 Å². The number of anilines is 1. The second-order valence-electron chi connectivity index (χ2n) is 3.36. The third-order valence-corrected chi connectivity index (χ3v) is 2.49. The summed E-state index contributed by atoms with van der Waals surface area (Å²) in [6.07, 6.45) is 0. The van der Waals surface area contributed by atoms with Crippen LogP contribution in [0.4, 0.5) is 5.69 Å². The Morgan fingerprint density at radius 3 is 2.79 bits per heavy atom. The van der Waals surface area contributed by atoms with E-state index in [-0.39, 0.29) is 6.61 Å². The van der Waals surface area contributed by atoms with Crippen LogP contribution in [0.1, 0.15) is 12.6 Å². The number of aliphatic hydroxyl groups excluding tert-OH is 1. The second kappa shape index (κ2) is 3.35.